The first-order valence-corrected chi connectivity index (χ1v) is 13.1. The van der Waals surface area contributed by atoms with Crippen LogP contribution in [0.2, 0.25) is 25.7 Å². The third-order valence-electron chi connectivity index (χ3n) is 4.84. The minimum absolute atomic E-state index is 0.510. The van der Waals surface area contributed by atoms with Crippen LogP contribution in [0, 0.1) is 6.92 Å². The number of methoxy groups -OCH3 is 1. The van der Waals surface area contributed by atoms with Crippen molar-refractivity contribution >= 4 is 19.0 Å². The second kappa shape index (κ2) is 8.23. The highest BCUT2D eigenvalue weighted by Gasteiger charge is 2.16. The average molecular weight is 385 g/mol. The zero-order valence-electron chi connectivity index (χ0n) is 17.0. The molecule has 2 heterocycles. The Kier molecular flexibility index (Phi) is 5.97. The zero-order chi connectivity index (χ0) is 19.4. The molecule has 3 aromatic rings. The summed E-state index contributed by atoms with van der Waals surface area (Å²) in [5, 5.41) is 5.70. The van der Waals surface area contributed by atoms with Gasteiger partial charge in [0, 0.05) is 33.2 Å². The van der Waals surface area contributed by atoms with E-state index in [1.165, 1.54) is 22.7 Å². The first-order chi connectivity index (χ1) is 12.9. The maximum absolute atomic E-state index is 5.87. The van der Waals surface area contributed by atoms with Gasteiger partial charge in [0.25, 0.3) is 0 Å². The molecule has 0 fully saturated rings. The van der Waals surface area contributed by atoms with E-state index in [1.807, 2.05) is 23.0 Å². The number of benzene rings is 1. The van der Waals surface area contributed by atoms with Crippen LogP contribution in [0.5, 0.6) is 5.75 Å². The lowest BCUT2D eigenvalue weighted by Gasteiger charge is -2.15. The molecule has 0 unspecified atom stereocenters. The predicted molar refractivity (Wildman–Crippen MR) is 111 cm³/mol. The number of aryl methyl sites for hydroxylation is 1. The molecule has 0 aliphatic carbocycles. The van der Waals surface area contributed by atoms with Gasteiger partial charge in [0.05, 0.1) is 24.2 Å². The van der Waals surface area contributed by atoms with Crippen molar-refractivity contribution in [3.8, 4) is 5.75 Å². The highest BCUT2D eigenvalue weighted by Crippen LogP contribution is 2.17. The van der Waals surface area contributed by atoms with Gasteiger partial charge in [0.1, 0.15) is 12.5 Å². The summed E-state index contributed by atoms with van der Waals surface area (Å²) in [5.74, 6) is 0.881. The number of aromatic nitrogens is 3. The first-order valence-electron chi connectivity index (χ1n) is 9.42. The molecule has 0 spiro atoms. The summed E-state index contributed by atoms with van der Waals surface area (Å²) in [7, 11) is 0.630. The molecule has 144 valence electrons. The Morgan fingerprint density at radius 1 is 1.11 bits per heavy atom. The minimum atomic E-state index is -1.06. The van der Waals surface area contributed by atoms with Gasteiger partial charge in [-0.25, -0.2) is 4.68 Å². The zero-order valence-corrected chi connectivity index (χ0v) is 18.0. The Hall–Kier alpha value is -2.18. The van der Waals surface area contributed by atoms with Gasteiger partial charge in [-0.15, -0.1) is 0 Å². The summed E-state index contributed by atoms with van der Waals surface area (Å²) in [6, 6.07) is 11.5. The maximum atomic E-state index is 5.87. The van der Waals surface area contributed by atoms with Gasteiger partial charge in [0.15, 0.2) is 18.4 Å². The van der Waals surface area contributed by atoms with Gasteiger partial charge in [-0.2, -0.15) is 9.67 Å². The fourth-order valence-corrected chi connectivity index (χ4v) is 3.76. The Morgan fingerprint density at radius 2 is 1.85 bits per heavy atom. The summed E-state index contributed by atoms with van der Waals surface area (Å²) in [6.45, 7) is 11.4. The van der Waals surface area contributed by atoms with Crippen molar-refractivity contribution in [3.63, 3.8) is 0 Å². The quantitative estimate of drug-likeness (QED) is 0.335. The number of rotatable bonds is 8. The van der Waals surface area contributed by atoms with E-state index in [1.54, 1.807) is 7.11 Å². The SMILES string of the molecule is COc1ccc(C[n+]2ccc3c(cnn3COCC[Si](C)(C)C)c2C)cc1. The van der Waals surface area contributed by atoms with Crippen LogP contribution in [0.25, 0.3) is 10.9 Å². The monoisotopic (exact) mass is 384 g/mol. The van der Waals surface area contributed by atoms with Crippen molar-refractivity contribution in [2.45, 2.75) is 45.9 Å². The number of hydrogen-bond donors (Lipinski definition) is 0. The van der Waals surface area contributed by atoms with Crippen LogP contribution in [0.3, 0.4) is 0 Å². The molecular formula is C21H30N3O2Si+. The Morgan fingerprint density at radius 3 is 2.52 bits per heavy atom. The molecule has 0 saturated heterocycles. The highest BCUT2D eigenvalue weighted by molar-refractivity contribution is 6.76. The molecule has 27 heavy (non-hydrogen) atoms. The predicted octanol–water partition coefficient (Wildman–Crippen LogP) is 4.00. The van der Waals surface area contributed by atoms with E-state index in [0.717, 1.165) is 24.4 Å². The third-order valence-corrected chi connectivity index (χ3v) is 6.54. The fraction of sp³-hybridized carbons (Fsp3) is 0.429. The molecule has 0 aliphatic rings. The summed E-state index contributed by atoms with van der Waals surface area (Å²) in [4.78, 5) is 0. The van der Waals surface area contributed by atoms with E-state index in [0.29, 0.717) is 6.73 Å². The lowest BCUT2D eigenvalue weighted by atomic mass is 10.2. The second-order valence-corrected chi connectivity index (χ2v) is 13.8. The van der Waals surface area contributed by atoms with Crippen molar-refractivity contribution < 1.29 is 14.0 Å². The Bertz CT molecular complexity index is 898. The van der Waals surface area contributed by atoms with Crippen LogP contribution >= 0.6 is 0 Å². The minimum Gasteiger partial charge on any atom is -0.497 e. The lowest BCUT2D eigenvalue weighted by molar-refractivity contribution is -0.692. The summed E-state index contributed by atoms with van der Waals surface area (Å²) >= 11 is 0. The smallest absolute Gasteiger partial charge is 0.189 e. The van der Waals surface area contributed by atoms with Crippen LogP contribution in [-0.4, -0.2) is 31.6 Å². The Balaban J connectivity index is 1.71. The van der Waals surface area contributed by atoms with Crippen LogP contribution in [-0.2, 0) is 18.0 Å². The van der Waals surface area contributed by atoms with Crippen LogP contribution in [0.1, 0.15) is 11.3 Å². The molecule has 1 aromatic carbocycles. The van der Waals surface area contributed by atoms with Gasteiger partial charge >= 0.3 is 0 Å². The van der Waals surface area contributed by atoms with Crippen LogP contribution in [0.15, 0.2) is 42.7 Å². The van der Waals surface area contributed by atoms with Crippen molar-refractivity contribution in [1.82, 2.24) is 9.78 Å². The van der Waals surface area contributed by atoms with Crippen molar-refractivity contribution in [2.24, 2.45) is 0 Å². The summed E-state index contributed by atoms with van der Waals surface area (Å²) in [6.07, 6.45) is 4.07. The molecule has 0 atom stereocenters. The molecule has 0 bridgehead atoms. The van der Waals surface area contributed by atoms with Gasteiger partial charge in [0.2, 0.25) is 0 Å². The van der Waals surface area contributed by atoms with E-state index in [2.05, 4.69) is 60.6 Å². The van der Waals surface area contributed by atoms with E-state index in [9.17, 15) is 0 Å². The molecule has 6 heteroatoms. The van der Waals surface area contributed by atoms with Gasteiger partial charge in [-0.05, 0) is 30.3 Å². The summed E-state index contributed by atoms with van der Waals surface area (Å²) < 4.78 is 15.3. The average Bonchev–Trinajstić information content (AvgIpc) is 3.05. The van der Waals surface area contributed by atoms with E-state index >= 15 is 0 Å². The standard InChI is InChI=1S/C21H30N3O2Si/c1-17-20-14-22-24(16-26-12-13-27(3,4)5)21(20)10-11-23(17)15-18-6-8-19(25-2)9-7-18/h6-11,14H,12-13,15-16H2,1-5H3/q+1. The van der Waals surface area contributed by atoms with Gasteiger partial charge in [-0.3, -0.25) is 0 Å². The lowest BCUT2D eigenvalue weighted by Crippen LogP contribution is -2.37. The molecule has 0 radical (unpaired) electrons. The van der Waals surface area contributed by atoms with Crippen LogP contribution < -0.4 is 9.30 Å². The molecule has 3 rings (SSSR count). The van der Waals surface area contributed by atoms with Gasteiger partial charge < -0.3 is 9.47 Å². The number of ether oxygens (including phenoxy) is 2. The van der Waals surface area contributed by atoms with Crippen molar-refractivity contribution in [3.05, 3.63) is 54.0 Å². The molecular weight excluding hydrogens is 354 g/mol. The van der Waals surface area contributed by atoms with Crippen molar-refractivity contribution in [1.29, 1.82) is 0 Å². The number of hydrogen-bond acceptors (Lipinski definition) is 3. The number of nitrogens with zero attached hydrogens (tertiary/aromatic N) is 3. The van der Waals surface area contributed by atoms with E-state index in [4.69, 9.17) is 9.47 Å². The van der Waals surface area contributed by atoms with E-state index in [-0.39, 0.29) is 0 Å². The fourth-order valence-electron chi connectivity index (χ4n) is 3.01. The highest BCUT2D eigenvalue weighted by atomic mass is 28.3. The molecule has 0 saturated carbocycles. The second-order valence-electron chi connectivity index (χ2n) is 8.17. The normalized spacial score (nSPS) is 11.9. The third kappa shape index (κ3) is 4.96. The topological polar surface area (TPSA) is 40.2 Å². The molecule has 0 N–H and O–H groups in total. The molecule has 0 aliphatic heterocycles. The van der Waals surface area contributed by atoms with E-state index < -0.39 is 8.07 Å². The Labute approximate surface area is 162 Å². The van der Waals surface area contributed by atoms with Gasteiger partial charge in [-0.1, -0.05) is 19.6 Å². The largest absolute Gasteiger partial charge is 0.497 e. The molecule has 5 nitrogen and oxygen atoms in total. The molecule has 0 amide bonds. The number of fused-ring (bicyclic) bond motifs is 1. The van der Waals surface area contributed by atoms with Crippen molar-refractivity contribution in [2.75, 3.05) is 13.7 Å². The molecule has 2 aromatic heterocycles. The maximum Gasteiger partial charge on any atom is 0.189 e. The van der Waals surface area contributed by atoms with Crippen LogP contribution in [0.4, 0.5) is 0 Å². The summed E-state index contributed by atoms with van der Waals surface area (Å²) in [5.41, 5.74) is 3.56. The first kappa shape index (κ1) is 19.6. The number of pyridine rings is 1.